The molecule has 5 nitrogen and oxygen atoms in total. The van der Waals surface area contributed by atoms with Crippen LogP contribution >= 0.6 is 0 Å². The van der Waals surface area contributed by atoms with Crippen LogP contribution in [0.2, 0.25) is 0 Å². The van der Waals surface area contributed by atoms with Crippen molar-refractivity contribution in [3.63, 3.8) is 0 Å². The highest BCUT2D eigenvalue weighted by Crippen LogP contribution is 2.24. The highest BCUT2D eigenvalue weighted by Gasteiger charge is 2.34. The van der Waals surface area contributed by atoms with E-state index in [4.69, 9.17) is 0 Å². The Morgan fingerprint density at radius 1 is 0.963 bits per heavy atom. The largest absolute Gasteiger partial charge is 0.368 e. The summed E-state index contributed by atoms with van der Waals surface area (Å²) in [5.74, 6) is 0.211. The number of piperazine rings is 1. The summed E-state index contributed by atoms with van der Waals surface area (Å²) < 4.78 is 0. The number of benzene rings is 2. The summed E-state index contributed by atoms with van der Waals surface area (Å²) in [6.07, 6.45) is 1.84. The molecule has 27 heavy (non-hydrogen) atoms. The Morgan fingerprint density at radius 3 is 2.33 bits per heavy atom. The molecule has 2 N–H and O–H groups in total. The first-order valence-electron chi connectivity index (χ1n) is 9.93. The number of para-hydroxylation sites is 1. The van der Waals surface area contributed by atoms with E-state index in [0.29, 0.717) is 0 Å². The number of hydrazine groups is 1. The van der Waals surface area contributed by atoms with Crippen LogP contribution in [0.4, 0.5) is 5.69 Å². The van der Waals surface area contributed by atoms with Crippen LogP contribution in [0.25, 0.3) is 0 Å². The van der Waals surface area contributed by atoms with E-state index in [0.717, 1.165) is 39.0 Å². The molecule has 2 unspecified atom stereocenters. The molecule has 2 fully saturated rings. The average Bonchev–Trinajstić information content (AvgIpc) is 3.24. The second-order valence-corrected chi connectivity index (χ2v) is 7.37. The highest BCUT2D eigenvalue weighted by molar-refractivity contribution is 5.82. The zero-order valence-electron chi connectivity index (χ0n) is 15.9. The van der Waals surface area contributed by atoms with Gasteiger partial charge in [0.2, 0.25) is 5.91 Å². The van der Waals surface area contributed by atoms with Crippen molar-refractivity contribution in [1.29, 1.82) is 0 Å². The van der Waals surface area contributed by atoms with Crippen molar-refractivity contribution in [2.45, 2.75) is 31.8 Å². The molecule has 2 aliphatic heterocycles. The molecule has 2 saturated heterocycles. The fourth-order valence-electron chi connectivity index (χ4n) is 3.97. The number of hydrogen-bond acceptors (Lipinski definition) is 4. The van der Waals surface area contributed by atoms with Gasteiger partial charge in [0.15, 0.2) is 0 Å². The van der Waals surface area contributed by atoms with Crippen molar-refractivity contribution < 1.29 is 4.79 Å². The maximum atomic E-state index is 12.9. The number of hydrogen-bond donors (Lipinski definition) is 2. The fourth-order valence-corrected chi connectivity index (χ4v) is 3.97. The minimum Gasteiger partial charge on any atom is -0.368 e. The molecule has 2 aromatic rings. The van der Waals surface area contributed by atoms with E-state index in [9.17, 15) is 4.79 Å². The Hall–Kier alpha value is -2.37. The average molecular weight is 364 g/mol. The van der Waals surface area contributed by atoms with Gasteiger partial charge in [-0.25, -0.2) is 10.9 Å². The Kier molecular flexibility index (Phi) is 5.41. The minimum absolute atomic E-state index is 0.149. The number of amides is 1. The summed E-state index contributed by atoms with van der Waals surface area (Å²) in [5, 5.41) is 0. The van der Waals surface area contributed by atoms with E-state index >= 15 is 0 Å². The molecule has 1 amide bonds. The Balaban J connectivity index is 1.31. The number of rotatable bonds is 4. The van der Waals surface area contributed by atoms with Crippen LogP contribution in [0.15, 0.2) is 54.6 Å². The van der Waals surface area contributed by atoms with Gasteiger partial charge >= 0.3 is 0 Å². The molecule has 2 atom stereocenters. The van der Waals surface area contributed by atoms with Gasteiger partial charge in [-0.2, -0.15) is 0 Å². The summed E-state index contributed by atoms with van der Waals surface area (Å²) in [5.41, 5.74) is 10.3. The lowest BCUT2D eigenvalue weighted by Gasteiger charge is -2.37. The Bertz CT molecular complexity index is 754. The van der Waals surface area contributed by atoms with Gasteiger partial charge in [0, 0.05) is 37.9 Å². The van der Waals surface area contributed by atoms with Crippen LogP contribution in [0.1, 0.15) is 30.5 Å². The number of nitrogens with one attached hydrogen (secondary N) is 2. The molecule has 2 heterocycles. The van der Waals surface area contributed by atoms with Gasteiger partial charge in [0.1, 0.15) is 6.04 Å². The van der Waals surface area contributed by atoms with E-state index in [-0.39, 0.29) is 18.0 Å². The van der Waals surface area contributed by atoms with E-state index in [2.05, 4.69) is 71.2 Å². The summed E-state index contributed by atoms with van der Waals surface area (Å²) in [4.78, 5) is 17.3. The first-order valence-corrected chi connectivity index (χ1v) is 9.93. The van der Waals surface area contributed by atoms with Gasteiger partial charge in [-0.05, 0) is 36.1 Å². The summed E-state index contributed by atoms with van der Waals surface area (Å²) in [7, 11) is 0. The van der Waals surface area contributed by atoms with Crippen molar-refractivity contribution in [2.75, 3.05) is 31.1 Å². The first-order chi connectivity index (χ1) is 13.2. The SMILES string of the molecule is CCc1ccc(C2CC(C(=O)N3CCN(c4ccccc4)CC3)NN2)cc1. The lowest BCUT2D eigenvalue weighted by atomic mass is 9.99. The van der Waals surface area contributed by atoms with Crippen molar-refractivity contribution in [3.05, 3.63) is 65.7 Å². The lowest BCUT2D eigenvalue weighted by molar-refractivity contribution is -0.133. The Morgan fingerprint density at radius 2 is 1.67 bits per heavy atom. The zero-order valence-corrected chi connectivity index (χ0v) is 15.9. The maximum Gasteiger partial charge on any atom is 0.241 e. The third-order valence-electron chi connectivity index (χ3n) is 5.70. The van der Waals surface area contributed by atoms with Crippen LogP contribution in [-0.4, -0.2) is 43.0 Å². The number of anilines is 1. The zero-order chi connectivity index (χ0) is 18.6. The van der Waals surface area contributed by atoms with Gasteiger partial charge in [-0.15, -0.1) is 0 Å². The van der Waals surface area contributed by atoms with Gasteiger partial charge in [-0.3, -0.25) is 4.79 Å². The molecule has 142 valence electrons. The minimum atomic E-state index is -0.149. The maximum absolute atomic E-state index is 12.9. The van der Waals surface area contributed by atoms with Crippen molar-refractivity contribution in [1.82, 2.24) is 15.8 Å². The number of carbonyl (C=O) groups excluding carboxylic acids is 1. The van der Waals surface area contributed by atoms with E-state index < -0.39 is 0 Å². The first kappa shape index (κ1) is 18.0. The molecule has 4 rings (SSSR count). The molecule has 2 aromatic carbocycles. The normalized spacial score (nSPS) is 22.9. The molecule has 2 aliphatic rings. The fraction of sp³-hybridized carbons (Fsp3) is 0.409. The van der Waals surface area contributed by atoms with Crippen LogP contribution in [-0.2, 0) is 11.2 Å². The smallest absolute Gasteiger partial charge is 0.241 e. The molecule has 0 aliphatic carbocycles. The molecule has 0 bridgehead atoms. The van der Waals surface area contributed by atoms with Crippen LogP contribution in [0.5, 0.6) is 0 Å². The van der Waals surface area contributed by atoms with Gasteiger partial charge in [-0.1, -0.05) is 49.4 Å². The highest BCUT2D eigenvalue weighted by atomic mass is 16.2. The third kappa shape index (κ3) is 3.99. The van der Waals surface area contributed by atoms with E-state index in [1.165, 1.54) is 16.8 Å². The predicted molar refractivity (Wildman–Crippen MR) is 108 cm³/mol. The summed E-state index contributed by atoms with van der Waals surface area (Å²) in [6.45, 7) is 5.50. The lowest BCUT2D eigenvalue weighted by Crippen LogP contribution is -2.53. The van der Waals surface area contributed by atoms with Gasteiger partial charge in [0.05, 0.1) is 0 Å². The number of nitrogens with zero attached hydrogens (tertiary/aromatic N) is 2. The topological polar surface area (TPSA) is 47.6 Å². The molecular formula is C22H28N4O. The molecule has 5 heteroatoms. The van der Waals surface area contributed by atoms with E-state index in [1.54, 1.807) is 0 Å². The van der Waals surface area contributed by atoms with Crippen LogP contribution in [0.3, 0.4) is 0 Å². The van der Waals surface area contributed by atoms with Crippen LogP contribution < -0.4 is 15.8 Å². The monoisotopic (exact) mass is 364 g/mol. The van der Waals surface area contributed by atoms with E-state index in [1.807, 2.05) is 11.0 Å². The molecule has 0 spiro atoms. The molecule has 0 aromatic heterocycles. The molecular weight excluding hydrogens is 336 g/mol. The predicted octanol–water partition coefficient (Wildman–Crippen LogP) is 2.51. The standard InChI is InChI=1S/C22H28N4O/c1-2-17-8-10-18(11-9-17)20-16-21(24-23-20)22(27)26-14-12-25(13-15-26)19-6-4-3-5-7-19/h3-11,20-21,23-24H,2,12-16H2,1H3. The summed E-state index contributed by atoms with van der Waals surface area (Å²) >= 11 is 0. The second-order valence-electron chi connectivity index (χ2n) is 7.37. The van der Waals surface area contributed by atoms with Gasteiger partial charge in [0.25, 0.3) is 0 Å². The van der Waals surface area contributed by atoms with Crippen molar-refractivity contribution >= 4 is 11.6 Å². The van der Waals surface area contributed by atoms with Crippen LogP contribution in [0, 0.1) is 0 Å². The quantitative estimate of drug-likeness (QED) is 0.875. The van der Waals surface area contributed by atoms with Gasteiger partial charge < -0.3 is 9.80 Å². The van der Waals surface area contributed by atoms with Crippen molar-refractivity contribution in [2.24, 2.45) is 0 Å². The number of aryl methyl sites for hydroxylation is 1. The van der Waals surface area contributed by atoms with Crippen molar-refractivity contribution in [3.8, 4) is 0 Å². The molecule has 0 saturated carbocycles. The summed E-state index contributed by atoms with van der Waals surface area (Å²) in [6, 6.07) is 19.2. The number of carbonyl (C=O) groups is 1. The second kappa shape index (κ2) is 8.11. The third-order valence-corrected chi connectivity index (χ3v) is 5.70. The Labute approximate surface area is 161 Å². The molecule has 0 radical (unpaired) electrons.